The summed E-state index contributed by atoms with van der Waals surface area (Å²) in [6, 6.07) is 0. The molecular weight excluding hydrogens is 1040 g/mol. The molecule has 0 spiro atoms. The number of likely N-dealkylation sites (N-methyl/N-ethyl adjacent to an activating group) is 1. The van der Waals surface area contributed by atoms with E-state index >= 15 is 0 Å². The molecular formula is C75H123NO8. The molecule has 9 nitrogen and oxygen atoms in total. The first-order valence-electron chi connectivity index (χ1n) is 33.5. The highest BCUT2D eigenvalue weighted by Gasteiger charge is 2.22. The topological polar surface area (TPSA) is 111 Å². The van der Waals surface area contributed by atoms with Crippen LogP contribution in [0.4, 0.5) is 0 Å². The van der Waals surface area contributed by atoms with Crippen LogP contribution in [-0.2, 0) is 33.3 Å². The normalized spacial score (nSPS) is 13.7. The lowest BCUT2D eigenvalue weighted by molar-refractivity contribution is -0.870. The van der Waals surface area contributed by atoms with Gasteiger partial charge >= 0.3 is 11.9 Å². The van der Waals surface area contributed by atoms with Crippen molar-refractivity contribution in [2.45, 2.75) is 264 Å². The predicted octanol–water partition coefficient (Wildman–Crippen LogP) is 19.4. The van der Waals surface area contributed by atoms with Crippen LogP contribution in [-0.4, -0.2) is 82.3 Å². The van der Waals surface area contributed by atoms with E-state index in [0.29, 0.717) is 17.4 Å². The number of esters is 2. The van der Waals surface area contributed by atoms with E-state index in [2.05, 4.69) is 160 Å². The molecule has 0 aliphatic rings. The lowest BCUT2D eigenvalue weighted by Crippen LogP contribution is -2.44. The fraction of sp³-hybridized carbons (Fsp3) is 0.640. The van der Waals surface area contributed by atoms with Gasteiger partial charge in [0, 0.05) is 12.8 Å². The number of aliphatic carboxylic acids is 1. The van der Waals surface area contributed by atoms with Crippen LogP contribution in [0, 0.1) is 0 Å². The minimum absolute atomic E-state index is 0.138. The zero-order valence-electron chi connectivity index (χ0n) is 54.2. The second-order valence-corrected chi connectivity index (χ2v) is 23.0. The molecule has 0 N–H and O–H groups in total. The highest BCUT2D eigenvalue weighted by Crippen LogP contribution is 2.15. The van der Waals surface area contributed by atoms with Crippen molar-refractivity contribution in [2.24, 2.45) is 0 Å². The van der Waals surface area contributed by atoms with Crippen molar-refractivity contribution in [1.29, 1.82) is 0 Å². The highest BCUT2D eigenvalue weighted by molar-refractivity contribution is 5.70. The third-order valence-corrected chi connectivity index (χ3v) is 13.8. The molecule has 0 aromatic rings. The number of hydrogen-bond donors (Lipinski definition) is 0. The zero-order chi connectivity index (χ0) is 61.2. The molecule has 0 rings (SSSR count). The van der Waals surface area contributed by atoms with Gasteiger partial charge in [-0.05, 0) is 122 Å². The van der Waals surface area contributed by atoms with Crippen molar-refractivity contribution in [3.8, 4) is 0 Å². The van der Waals surface area contributed by atoms with E-state index in [1.54, 1.807) is 0 Å². The Hall–Kier alpha value is -4.83. The molecule has 0 saturated carbocycles. The standard InChI is InChI=1S/C75H123NO8/c1-6-8-10-12-14-16-18-20-22-24-26-27-28-29-30-31-32-33-34-35-36-37-38-39-40-41-42-43-44-45-46-47-48-50-52-54-56-58-60-62-64-66-73(78)84-71(70-83-75(74(79)80)81-68-67-76(3,4)5)69-82-72(77)65-63-61-59-57-55-53-51-49-25-23-21-19-17-15-13-11-9-7-2/h8,10,14,16,20,22-23,25-27,29-30,32-33,35-36,38-39,41-42,44-45,47-48,71,75H,6-7,9,11-13,15,17-19,21,24,28,31,34,37,40,43,46,49-70H2,1-5H3/b10-8-,16-14-,22-20-,25-23-,27-26-,30-29-,33-32-,36-35-,39-38-,42-41-,45-44-,48-47-. The number of carbonyl (C=O) groups excluding carboxylic acids is 3. The van der Waals surface area contributed by atoms with Gasteiger partial charge in [-0.1, -0.05) is 262 Å². The van der Waals surface area contributed by atoms with Crippen LogP contribution in [0.3, 0.4) is 0 Å². The summed E-state index contributed by atoms with van der Waals surface area (Å²) in [4.78, 5) is 37.4. The van der Waals surface area contributed by atoms with Gasteiger partial charge in [0.1, 0.15) is 13.2 Å². The smallest absolute Gasteiger partial charge is 0.306 e. The number of hydrogen-bond acceptors (Lipinski definition) is 8. The van der Waals surface area contributed by atoms with Crippen LogP contribution >= 0.6 is 0 Å². The second kappa shape index (κ2) is 64.2. The molecule has 0 heterocycles. The lowest BCUT2D eigenvalue weighted by atomic mass is 10.1. The molecule has 0 aromatic carbocycles. The van der Waals surface area contributed by atoms with E-state index < -0.39 is 24.3 Å². The number of allylic oxidation sites excluding steroid dienone is 24. The maximum absolute atomic E-state index is 12.9. The van der Waals surface area contributed by atoms with Gasteiger partial charge in [0.05, 0.1) is 40.3 Å². The highest BCUT2D eigenvalue weighted by atomic mass is 16.7. The number of carboxylic acid groups (broad SMARTS) is 1. The molecule has 0 radical (unpaired) electrons. The number of carbonyl (C=O) groups is 3. The molecule has 0 aromatic heterocycles. The maximum Gasteiger partial charge on any atom is 0.306 e. The van der Waals surface area contributed by atoms with Gasteiger partial charge in [0.2, 0.25) is 0 Å². The van der Waals surface area contributed by atoms with Gasteiger partial charge in [-0.3, -0.25) is 9.59 Å². The van der Waals surface area contributed by atoms with Crippen LogP contribution in [0.25, 0.3) is 0 Å². The van der Waals surface area contributed by atoms with E-state index in [1.165, 1.54) is 89.9 Å². The zero-order valence-corrected chi connectivity index (χ0v) is 54.2. The molecule has 0 amide bonds. The van der Waals surface area contributed by atoms with Crippen LogP contribution in [0.5, 0.6) is 0 Å². The van der Waals surface area contributed by atoms with Crippen molar-refractivity contribution in [1.82, 2.24) is 0 Å². The van der Waals surface area contributed by atoms with Crippen molar-refractivity contribution in [3.63, 3.8) is 0 Å². The Morgan fingerprint density at radius 1 is 0.369 bits per heavy atom. The Kier molecular flexibility index (Phi) is 60.5. The Morgan fingerprint density at radius 3 is 1.02 bits per heavy atom. The Balaban J connectivity index is 4.20. The molecule has 0 bridgehead atoms. The van der Waals surface area contributed by atoms with E-state index in [-0.39, 0.29) is 38.6 Å². The predicted molar refractivity (Wildman–Crippen MR) is 356 cm³/mol. The van der Waals surface area contributed by atoms with Gasteiger partial charge in [-0.25, -0.2) is 0 Å². The average Bonchev–Trinajstić information content (AvgIpc) is 3.52. The SMILES string of the molecule is CC/C=C\C/C=C\C/C=C\C/C=C\C/C=C\C/C=C\C/C=C\C/C=C\C/C=C\C/C=C\C/C=C\CCCCCCCCCC(=O)OC(COC(=O)CCCCCCCCC/C=C\CCCCCCCCC)COC(OCC[N+](C)(C)C)C(=O)[O-]. The first-order valence-corrected chi connectivity index (χ1v) is 33.5. The Labute approximate surface area is 515 Å². The second-order valence-electron chi connectivity index (χ2n) is 23.0. The van der Waals surface area contributed by atoms with Gasteiger partial charge < -0.3 is 33.3 Å². The van der Waals surface area contributed by atoms with Gasteiger partial charge in [-0.15, -0.1) is 0 Å². The van der Waals surface area contributed by atoms with E-state index in [1.807, 2.05) is 21.1 Å². The number of carboxylic acids is 1. The minimum atomic E-state index is -1.63. The van der Waals surface area contributed by atoms with E-state index in [4.69, 9.17) is 18.9 Å². The summed E-state index contributed by atoms with van der Waals surface area (Å²) >= 11 is 0. The first-order chi connectivity index (χ1) is 41.1. The third kappa shape index (κ3) is 64.7. The summed E-state index contributed by atoms with van der Waals surface area (Å²) < 4.78 is 22.7. The van der Waals surface area contributed by atoms with Crippen LogP contribution in [0.2, 0.25) is 0 Å². The molecule has 2 unspecified atom stereocenters. The summed E-state index contributed by atoms with van der Waals surface area (Å²) in [5.41, 5.74) is 0. The molecule has 0 saturated heterocycles. The molecule has 84 heavy (non-hydrogen) atoms. The number of unbranched alkanes of at least 4 members (excludes halogenated alkanes) is 21. The molecule has 0 fully saturated rings. The largest absolute Gasteiger partial charge is 0.545 e. The molecule has 0 aliphatic heterocycles. The summed E-state index contributed by atoms with van der Waals surface area (Å²) in [5, 5.41) is 11.8. The van der Waals surface area contributed by atoms with Crippen LogP contribution in [0.1, 0.15) is 251 Å². The number of quaternary nitrogens is 1. The van der Waals surface area contributed by atoms with E-state index in [0.717, 1.165) is 128 Å². The van der Waals surface area contributed by atoms with Crippen molar-refractivity contribution in [3.05, 3.63) is 146 Å². The quantitative estimate of drug-likeness (QED) is 0.0195. The summed E-state index contributed by atoms with van der Waals surface area (Å²) in [5.74, 6) is -2.31. The average molecular weight is 1170 g/mol. The van der Waals surface area contributed by atoms with Crippen LogP contribution < -0.4 is 5.11 Å². The summed E-state index contributed by atoms with van der Waals surface area (Å²) in [7, 11) is 5.91. The summed E-state index contributed by atoms with van der Waals surface area (Å²) in [6.07, 6.45) is 90.6. The van der Waals surface area contributed by atoms with Gasteiger partial charge in [0.25, 0.3) is 0 Å². The van der Waals surface area contributed by atoms with Crippen molar-refractivity contribution in [2.75, 3.05) is 47.5 Å². The van der Waals surface area contributed by atoms with Crippen molar-refractivity contribution < 1.29 is 42.9 Å². The lowest BCUT2D eigenvalue weighted by Gasteiger charge is -2.26. The Bertz CT molecular complexity index is 1890. The monoisotopic (exact) mass is 1170 g/mol. The van der Waals surface area contributed by atoms with Crippen molar-refractivity contribution >= 4 is 17.9 Å². The molecule has 2 atom stereocenters. The Morgan fingerprint density at radius 2 is 0.679 bits per heavy atom. The number of nitrogens with zero attached hydrogens (tertiary/aromatic N) is 1. The fourth-order valence-electron chi connectivity index (χ4n) is 8.71. The van der Waals surface area contributed by atoms with Gasteiger partial charge in [-0.2, -0.15) is 0 Å². The maximum atomic E-state index is 12.9. The first kappa shape index (κ1) is 79.2. The number of rotatable bonds is 60. The molecule has 9 heteroatoms. The summed E-state index contributed by atoms with van der Waals surface area (Å²) in [6.45, 7) is 4.61. The van der Waals surface area contributed by atoms with Crippen LogP contribution in [0.15, 0.2) is 146 Å². The minimum Gasteiger partial charge on any atom is -0.545 e. The molecule has 0 aliphatic carbocycles. The van der Waals surface area contributed by atoms with Gasteiger partial charge in [0.15, 0.2) is 12.4 Å². The van der Waals surface area contributed by atoms with E-state index in [9.17, 15) is 19.5 Å². The molecule has 476 valence electrons. The fourth-order valence-corrected chi connectivity index (χ4v) is 8.71. The number of ether oxygens (including phenoxy) is 4. The third-order valence-electron chi connectivity index (χ3n) is 13.8.